The van der Waals surface area contributed by atoms with Crippen molar-refractivity contribution in [2.24, 2.45) is 11.3 Å². The van der Waals surface area contributed by atoms with Crippen LogP contribution in [0.1, 0.15) is 49.8 Å². The second-order valence-electron chi connectivity index (χ2n) is 5.46. The Labute approximate surface area is 102 Å². The second kappa shape index (κ2) is 4.75. The van der Waals surface area contributed by atoms with E-state index in [9.17, 15) is 4.39 Å². The maximum Gasteiger partial charge on any atom is 0.123 e. The van der Waals surface area contributed by atoms with Gasteiger partial charge in [-0.1, -0.05) is 25.8 Å². The Morgan fingerprint density at radius 3 is 2.59 bits per heavy atom. The molecule has 1 aromatic rings. The van der Waals surface area contributed by atoms with Crippen LogP contribution >= 0.6 is 0 Å². The molecule has 1 unspecified atom stereocenters. The number of rotatable bonds is 3. The zero-order valence-corrected chi connectivity index (χ0v) is 10.6. The van der Waals surface area contributed by atoms with E-state index >= 15 is 0 Å². The third-order valence-electron chi connectivity index (χ3n) is 4.16. The molecule has 0 bridgehead atoms. The summed E-state index contributed by atoms with van der Waals surface area (Å²) in [5, 5.41) is 0. The summed E-state index contributed by atoms with van der Waals surface area (Å²) in [6, 6.07) is 4.99. The predicted octanol–water partition coefficient (Wildman–Crippen LogP) is 3.22. The topological polar surface area (TPSA) is 38.0 Å². The first kappa shape index (κ1) is 12.5. The third-order valence-corrected chi connectivity index (χ3v) is 4.16. The minimum absolute atomic E-state index is 0.0423. The van der Waals surface area contributed by atoms with Crippen molar-refractivity contribution in [3.8, 4) is 0 Å². The molecule has 1 aliphatic rings. The van der Waals surface area contributed by atoms with Crippen LogP contribution in [0.4, 0.5) is 4.39 Å². The summed E-state index contributed by atoms with van der Waals surface area (Å²) in [7, 11) is 0. The summed E-state index contributed by atoms with van der Waals surface area (Å²) in [5.41, 5.74) is 5.14. The zero-order valence-electron chi connectivity index (χ0n) is 10.6. The highest BCUT2D eigenvalue weighted by Crippen LogP contribution is 2.47. The monoisotopic (exact) mass is 236 g/mol. The molecule has 94 valence electrons. The Morgan fingerprint density at radius 1 is 1.35 bits per heavy atom. The molecule has 0 amide bonds. The van der Waals surface area contributed by atoms with Crippen molar-refractivity contribution >= 4 is 0 Å². The first-order valence-electron chi connectivity index (χ1n) is 6.29. The van der Waals surface area contributed by atoms with Gasteiger partial charge in [0.1, 0.15) is 5.82 Å². The molecule has 2 rings (SSSR count). The van der Waals surface area contributed by atoms with Gasteiger partial charge in [0.05, 0.1) is 6.04 Å². The molecule has 0 aromatic heterocycles. The largest absolute Gasteiger partial charge is 0.271 e. The van der Waals surface area contributed by atoms with Gasteiger partial charge in [0.2, 0.25) is 0 Å². The molecule has 0 saturated heterocycles. The lowest BCUT2D eigenvalue weighted by atomic mass is 9.76. The quantitative estimate of drug-likeness (QED) is 0.624. The molecule has 1 aliphatic carbocycles. The molecule has 17 heavy (non-hydrogen) atoms. The average molecular weight is 236 g/mol. The van der Waals surface area contributed by atoms with Crippen molar-refractivity contribution in [3.05, 3.63) is 35.1 Å². The van der Waals surface area contributed by atoms with Crippen molar-refractivity contribution in [1.29, 1.82) is 0 Å². The number of halogens is 1. The molecule has 0 aliphatic heterocycles. The molecular formula is C14H21FN2. The van der Waals surface area contributed by atoms with Gasteiger partial charge in [-0.3, -0.25) is 11.3 Å². The smallest absolute Gasteiger partial charge is 0.123 e. The average Bonchev–Trinajstić information content (AvgIpc) is 2.72. The number of hydrogen-bond donors (Lipinski definition) is 2. The van der Waals surface area contributed by atoms with Crippen LogP contribution in [-0.2, 0) is 0 Å². The second-order valence-corrected chi connectivity index (χ2v) is 5.46. The van der Waals surface area contributed by atoms with Gasteiger partial charge in [-0.05, 0) is 48.4 Å². The van der Waals surface area contributed by atoms with Crippen molar-refractivity contribution in [3.63, 3.8) is 0 Å². The van der Waals surface area contributed by atoms with Crippen LogP contribution in [0.5, 0.6) is 0 Å². The van der Waals surface area contributed by atoms with Crippen LogP contribution in [0.2, 0.25) is 0 Å². The lowest BCUT2D eigenvalue weighted by Crippen LogP contribution is -2.39. The minimum atomic E-state index is -0.188. The van der Waals surface area contributed by atoms with E-state index in [4.69, 9.17) is 5.84 Å². The molecule has 0 spiro atoms. The van der Waals surface area contributed by atoms with E-state index in [-0.39, 0.29) is 17.3 Å². The summed E-state index contributed by atoms with van der Waals surface area (Å²) in [4.78, 5) is 0. The number of nitrogens with one attached hydrogen (secondary N) is 1. The summed E-state index contributed by atoms with van der Waals surface area (Å²) in [6.07, 6.45) is 4.78. The van der Waals surface area contributed by atoms with Crippen LogP contribution in [0.15, 0.2) is 18.2 Å². The normalized spacial score (nSPS) is 20.5. The van der Waals surface area contributed by atoms with E-state index in [0.29, 0.717) is 0 Å². The van der Waals surface area contributed by atoms with Gasteiger partial charge in [-0.2, -0.15) is 0 Å². The van der Waals surface area contributed by atoms with Crippen molar-refractivity contribution in [2.75, 3.05) is 0 Å². The summed E-state index contributed by atoms with van der Waals surface area (Å²) in [5.74, 6) is 5.53. The van der Waals surface area contributed by atoms with Crippen molar-refractivity contribution < 1.29 is 4.39 Å². The van der Waals surface area contributed by atoms with Crippen LogP contribution < -0.4 is 11.3 Å². The van der Waals surface area contributed by atoms with E-state index in [1.54, 1.807) is 6.07 Å². The van der Waals surface area contributed by atoms with Gasteiger partial charge in [-0.25, -0.2) is 4.39 Å². The van der Waals surface area contributed by atoms with E-state index < -0.39 is 0 Å². The molecule has 2 nitrogen and oxygen atoms in total. The third kappa shape index (κ3) is 2.35. The van der Waals surface area contributed by atoms with E-state index in [1.807, 2.05) is 13.0 Å². The van der Waals surface area contributed by atoms with Crippen LogP contribution in [0.25, 0.3) is 0 Å². The molecule has 1 atom stereocenters. The lowest BCUT2D eigenvalue weighted by Gasteiger charge is -2.34. The van der Waals surface area contributed by atoms with Crippen molar-refractivity contribution in [1.82, 2.24) is 5.43 Å². The highest BCUT2D eigenvalue weighted by Gasteiger charge is 2.38. The minimum Gasteiger partial charge on any atom is -0.271 e. The van der Waals surface area contributed by atoms with Gasteiger partial charge in [0.25, 0.3) is 0 Å². The zero-order chi connectivity index (χ0) is 12.5. The number of benzene rings is 1. The first-order valence-corrected chi connectivity index (χ1v) is 6.29. The van der Waals surface area contributed by atoms with Gasteiger partial charge in [0, 0.05) is 0 Å². The Hall–Kier alpha value is -0.930. The van der Waals surface area contributed by atoms with Gasteiger partial charge >= 0.3 is 0 Å². The Balaban J connectivity index is 2.37. The van der Waals surface area contributed by atoms with E-state index in [0.717, 1.165) is 24.0 Å². The lowest BCUT2D eigenvalue weighted by molar-refractivity contribution is 0.224. The number of aryl methyl sites for hydroxylation is 1. The molecule has 3 heteroatoms. The van der Waals surface area contributed by atoms with E-state index in [2.05, 4.69) is 12.3 Å². The first-order chi connectivity index (χ1) is 8.07. The maximum absolute atomic E-state index is 13.4. The van der Waals surface area contributed by atoms with E-state index in [1.165, 1.54) is 18.9 Å². The van der Waals surface area contributed by atoms with Gasteiger partial charge in [0.15, 0.2) is 0 Å². The summed E-state index contributed by atoms with van der Waals surface area (Å²) < 4.78 is 13.4. The number of hydrazine groups is 1. The summed E-state index contributed by atoms with van der Waals surface area (Å²) >= 11 is 0. The van der Waals surface area contributed by atoms with Gasteiger partial charge in [-0.15, -0.1) is 0 Å². The SMILES string of the molecule is Cc1ccc(F)cc1C(NN)C1(C)CCCC1. The van der Waals surface area contributed by atoms with Crippen LogP contribution in [0.3, 0.4) is 0 Å². The molecule has 1 fully saturated rings. The molecule has 0 radical (unpaired) electrons. The maximum atomic E-state index is 13.4. The Kier molecular flexibility index (Phi) is 3.50. The Bertz CT molecular complexity index is 397. The molecule has 1 saturated carbocycles. The fraction of sp³-hybridized carbons (Fsp3) is 0.571. The van der Waals surface area contributed by atoms with Crippen LogP contribution in [-0.4, -0.2) is 0 Å². The standard InChI is InChI=1S/C14H21FN2/c1-10-5-6-11(15)9-12(10)13(17-16)14(2)7-3-4-8-14/h5-6,9,13,17H,3-4,7-8,16H2,1-2H3. The fourth-order valence-corrected chi connectivity index (χ4v) is 3.06. The van der Waals surface area contributed by atoms with Crippen molar-refractivity contribution in [2.45, 2.75) is 45.6 Å². The Morgan fingerprint density at radius 2 is 2.00 bits per heavy atom. The predicted molar refractivity (Wildman–Crippen MR) is 67.8 cm³/mol. The number of nitrogens with two attached hydrogens (primary N) is 1. The van der Waals surface area contributed by atoms with Crippen LogP contribution in [0, 0.1) is 18.2 Å². The highest BCUT2D eigenvalue weighted by molar-refractivity contribution is 5.31. The molecule has 1 aromatic carbocycles. The van der Waals surface area contributed by atoms with Gasteiger partial charge < -0.3 is 0 Å². The molecule has 3 N–H and O–H groups in total. The fourth-order valence-electron chi connectivity index (χ4n) is 3.06. The molecule has 0 heterocycles. The highest BCUT2D eigenvalue weighted by atomic mass is 19.1. The molecular weight excluding hydrogens is 215 g/mol. The number of hydrogen-bond acceptors (Lipinski definition) is 2. The summed E-state index contributed by atoms with van der Waals surface area (Å²) in [6.45, 7) is 4.26.